The van der Waals surface area contributed by atoms with E-state index in [1.54, 1.807) is 19.9 Å². The Morgan fingerprint density at radius 2 is 1.37 bits per heavy atom. The van der Waals surface area contributed by atoms with Gasteiger partial charge in [0, 0.05) is 35.7 Å². The van der Waals surface area contributed by atoms with Gasteiger partial charge in [0.15, 0.2) is 0 Å². The number of carbonyl (C=O) groups excluding carboxylic acids is 1. The fourth-order valence-corrected chi connectivity index (χ4v) is 7.22. The van der Waals surface area contributed by atoms with Crippen LogP contribution in [-0.4, -0.2) is 50.1 Å². The quantitative estimate of drug-likeness (QED) is 0.450. The summed E-state index contributed by atoms with van der Waals surface area (Å²) < 4.78 is 55.4. The van der Waals surface area contributed by atoms with Gasteiger partial charge < -0.3 is 5.32 Å². The van der Waals surface area contributed by atoms with E-state index in [0.717, 1.165) is 6.42 Å². The molecule has 38 heavy (non-hydrogen) atoms. The zero-order valence-corrected chi connectivity index (χ0v) is 23.3. The summed E-state index contributed by atoms with van der Waals surface area (Å²) in [5.41, 5.74) is 1.92. The molecule has 2 N–H and O–H groups in total. The number of hydrogen-bond donors (Lipinski definition) is 2. The fourth-order valence-electron chi connectivity index (χ4n) is 4.60. The molecule has 3 aromatic rings. The molecule has 0 saturated carbocycles. The van der Waals surface area contributed by atoms with Crippen LogP contribution in [0.1, 0.15) is 42.0 Å². The second-order valence-electron chi connectivity index (χ2n) is 9.85. The van der Waals surface area contributed by atoms with Gasteiger partial charge in [0.25, 0.3) is 15.9 Å². The molecule has 0 unspecified atom stereocenters. The summed E-state index contributed by atoms with van der Waals surface area (Å²) in [6.45, 7) is 8.53. The molecule has 2 atom stereocenters. The van der Waals surface area contributed by atoms with Gasteiger partial charge in [0.2, 0.25) is 16.0 Å². The number of amides is 1. The number of aryl methyl sites for hydroxylation is 2. The van der Waals surface area contributed by atoms with Crippen LogP contribution >= 0.6 is 0 Å². The number of benzene rings is 2. The van der Waals surface area contributed by atoms with Crippen molar-refractivity contribution in [3.8, 4) is 0 Å². The number of carbonyl (C=O) groups is 1. The van der Waals surface area contributed by atoms with Crippen molar-refractivity contribution in [2.75, 3.05) is 23.1 Å². The Kier molecular flexibility index (Phi) is 7.86. The summed E-state index contributed by atoms with van der Waals surface area (Å²) in [5, 5.41) is 2.70. The van der Waals surface area contributed by atoms with Crippen molar-refractivity contribution in [3.63, 3.8) is 0 Å². The number of sulfonamides is 2. The third-order valence-electron chi connectivity index (χ3n) is 6.22. The highest BCUT2D eigenvalue weighted by molar-refractivity contribution is 7.92. The van der Waals surface area contributed by atoms with E-state index in [2.05, 4.69) is 20.0 Å². The number of nitrogens with one attached hydrogen (secondary N) is 2. The van der Waals surface area contributed by atoms with E-state index >= 15 is 0 Å². The Hall–Kier alpha value is -3.35. The van der Waals surface area contributed by atoms with Gasteiger partial charge in [-0.2, -0.15) is 4.31 Å². The predicted octanol–water partition coefficient (Wildman–Crippen LogP) is 3.81. The summed E-state index contributed by atoms with van der Waals surface area (Å²) in [6, 6.07) is 13.2. The molecule has 1 aliphatic rings. The van der Waals surface area contributed by atoms with Crippen LogP contribution in [0.5, 0.6) is 0 Å². The van der Waals surface area contributed by atoms with Crippen molar-refractivity contribution in [3.05, 3.63) is 71.5 Å². The van der Waals surface area contributed by atoms with Gasteiger partial charge in [-0.05, 0) is 86.7 Å². The van der Waals surface area contributed by atoms with E-state index < -0.39 is 26.0 Å². The zero-order chi connectivity index (χ0) is 27.7. The van der Waals surface area contributed by atoms with Crippen LogP contribution in [0.2, 0.25) is 0 Å². The fraction of sp³-hybridized carbons (Fsp3) is 0.346. The summed E-state index contributed by atoms with van der Waals surface area (Å²) >= 11 is 0. The SMILES string of the molecule is Cc1cc(C)nc(NS(=O)(=O)c2ccc(NC(=O)c3ccc(S(=O)(=O)N4C[C@H](C)C[C@H](C)C4)cc3)cc2)n1. The van der Waals surface area contributed by atoms with E-state index in [4.69, 9.17) is 0 Å². The first-order valence-corrected chi connectivity index (χ1v) is 15.1. The molecule has 1 fully saturated rings. The van der Waals surface area contributed by atoms with Crippen molar-refractivity contribution in [1.29, 1.82) is 0 Å². The minimum absolute atomic E-state index is 0.0188. The lowest BCUT2D eigenvalue weighted by Crippen LogP contribution is -2.42. The third-order valence-corrected chi connectivity index (χ3v) is 9.41. The molecule has 0 spiro atoms. The number of nitrogens with zero attached hydrogens (tertiary/aromatic N) is 3. The Bertz CT molecular complexity index is 1510. The van der Waals surface area contributed by atoms with E-state index in [9.17, 15) is 21.6 Å². The monoisotopic (exact) mass is 557 g/mol. The molecule has 12 heteroatoms. The van der Waals surface area contributed by atoms with Crippen LogP contribution in [0.3, 0.4) is 0 Å². The van der Waals surface area contributed by atoms with Crippen molar-refractivity contribution in [1.82, 2.24) is 14.3 Å². The molecule has 1 amide bonds. The molecule has 2 aromatic carbocycles. The Morgan fingerprint density at radius 3 is 1.92 bits per heavy atom. The summed E-state index contributed by atoms with van der Waals surface area (Å²) in [4.78, 5) is 21.0. The van der Waals surface area contributed by atoms with Gasteiger partial charge in [-0.1, -0.05) is 13.8 Å². The lowest BCUT2D eigenvalue weighted by molar-refractivity contribution is 0.102. The average molecular weight is 558 g/mol. The molecular weight excluding hydrogens is 526 g/mol. The second-order valence-corrected chi connectivity index (χ2v) is 13.5. The van der Waals surface area contributed by atoms with E-state index in [-0.39, 0.29) is 33.1 Å². The predicted molar refractivity (Wildman–Crippen MR) is 145 cm³/mol. The molecule has 0 bridgehead atoms. The molecular formula is C26H31N5O5S2. The number of piperidine rings is 1. The summed E-state index contributed by atoms with van der Waals surface area (Å²) in [6.07, 6.45) is 0.995. The molecule has 10 nitrogen and oxygen atoms in total. The first-order valence-electron chi connectivity index (χ1n) is 12.2. The van der Waals surface area contributed by atoms with Crippen molar-refractivity contribution in [2.45, 2.75) is 43.9 Å². The highest BCUT2D eigenvalue weighted by Crippen LogP contribution is 2.27. The van der Waals surface area contributed by atoms with Gasteiger partial charge in [0.1, 0.15) is 0 Å². The molecule has 4 rings (SSSR count). The van der Waals surface area contributed by atoms with Crippen LogP contribution < -0.4 is 10.0 Å². The molecule has 1 aliphatic heterocycles. The first-order chi connectivity index (χ1) is 17.8. The van der Waals surface area contributed by atoms with Gasteiger partial charge in [0.05, 0.1) is 9.79 Å². The summed E-state index contributed by atoms with van der Waals surface area (Å²) in [7, 11) is -7.57. The zero-order valence-electron chi connectivity index (χ0n) is 21.7. The van der Waals surface area contributed by atoms with E-state index in [1.165, 1.54) is 52.8 Å². The third kappa shape index (κ3) is 6.37. The highest BCUT2D eigenvalue weighted by Gasteiger charge is 2.31. The molecule has 2 heterocycles. The van der Waals surface area contributed by atoms with Gasteiger partial charge in [-0.15, -0.1) is 0 Å². The lowest BCUT2D eigenvalue weighted by Gasteiger charge is -2.34. The maximum absolute atomic E-state index is 13.1. The number of aromatic nitrogens is 2. The van der Waals surface area contributed by atoms with Crippen LogP contribution in [0.4, 0.5) is 11.6 Å². The molecule has 1 aromatic heterocycles. The maximum Gasteiger partial charge on any atom is 0.264 e. The number of rotatable bonds is 7. The Morgan fingerprint density at radius 1 is 0.842 bits per heavy atom. The van der Waals surface area contributed by atoms with Crippen LogP contribution in [0, 0.1) is 25.7 Å². The van der Waals surface area contributed by atoms with Gasteiger partial charge in [-0.25, -0.2) is 31.5 Å². The van der Waals surface area contributed by atoms with Crippen molar-refractivity contribution >= 4 is 37.6 Å². The molecule has 0 aliphatic carbocycles. The van der Waals surface area contributed by atoms with E-state index in [0.29, 0.717) is 30.2 Å². The Balaban J connectivity index is 1.42. The maximum atomic E-state index is 13.1. The molecule has 1 saturated heterocycles. The minimum atomic E-state index is -3.93. The van der Waals surface area contributed by atoms with Crippen LogP contribution in [0.25, 0.3) is 0 Å². The summed E-state index contributed by atoms with van der Waals surface area (Å²) in [5.74, 6) is 0.104. The smallest absolute Gasteiger partial charge is 0.264 e. The van der Waals surface area contributed by atoms with Crippen molar-refractivity contribution < 1.29 is 21.6 Å². The highest BCUT2D eigenvalue weighted by atomic mass is 32.2. The van der Waals surface area contributed by atoms with E-state index in [1.807, 2.05) is 13.8 Å². The largest absolute Gasteiger partial charge is 0.322 e. The minimum Gasteiger partial charge on any atom is -0.322 e. The van der Waals surface area contributed by atoms with Gasteiger partial charge >= 0.3 is 0 Å². The second kappa shape index (κ2) is 10.8. The average Bonchev–Trinajstić information content (AvgIpc) is 2.83. The topological polar surface area (TPSA) is 138 Å². The molecule has 202 valence electrons. The first kappa shape index (κ1) is 27.7. The number of anilines is 2. The van der Waals surface area contributed by atoms with Crippen LogP contribution in [-0.2, 0) is 20.0 Å². The normalized spacial score (nSPS) is 18.6. The standard InChI is InChI=1S/C26H31N5O5S2/c1-17-13-18(2)16-31(15-17)38(35,36)24-9-5-21(6-10-24)25(32)29-22-7-11-23(12-8-22)37(33,34)30-26-27-19(3)14-20(4)28-26/h5-12,14,17-18H,13,15-16H2,1-4H3,(H,29,32)(H,27,28,30)/t17-,18+. The van der Waals surface area contributed by atoms with Crippen LogP contribution in [0.15, 0.2) is 64.4 Å². The lowest BCUT2D eigenvalue weighted by atomic mass is 9.94. The number of hydrogen-bond acceptors (Lipinski definition) is 7. The van der Waals surface area contributed by atoms with Crippen molar-refractivity contribution in [2.24, 2.45) is 11.8 Å². The van der Waals surface area contributed by atoms with Gasteiger partial charge in [-0.3, -0.25) is 4.79 Å². The molecule has 0 radical (unpaired) electrons. The Labute approximate surface area is 223 Å².